The van der Waals surface area contributed by atoms with Crippen LogP contribution < -0.4 is 9.62 Å². The van der Waals surface area contributed by atoms with Crippen molar-refractivity contribution in [3.63, 3.8) is 0 Å². The van der Waals surface area contributed by atoms with E-state index in [0.29, 0.717) is 6.54 Å². The second kappa shape index (κ2) is 13.4. The number of anilines is 1. The number of nitrogens with zero attached hydrogens (tertiary/aromatic N) is 2. The highest BCUT2D eigenvalue weighted by molar-refractivity contribution is 7.92. The van der Waals surface area contributed by atoms with Gasteiger partial charge in [-0.25, -0.2) is 12.8 Å². The van der Waals surface area contributed by atoms with Crippen LogP contribution in [0.3, 0.4) is 0 Å². The minimum absolute atomic E-state index is 0.0698. The van der Waals surface area contributed by atoms with Crippen LogP contribution in [-0.2, 0) is 26.2 Å². The molecule has 0 spiro atoms. The minimum atomic E-state index is -4.32. The SMILES string of the molecule is CCCCNC(=O)[C@H](C)N(Cc1ccc(C)cc1)C(=O)CN(c1ccccc1F)S(=O)(=O)c1ccc(C)cc1. The summed E-state index contributed by atoms with van der Waals surface area (Å²) in [4.78, 5) is 28.1. The summed E-state index contributed by atoms with van der Waals surface area (Å²) in [5, 5.41) is 2.84. The van der Waals surface area contributed by atoms with Crippen molar-refractivity contribution in [1.82, 2.24) is 10.2 Å². The molecule has 0 aliphatic heterocycles. The average molecular weight is 554 g/mol. The number of unbranched alkanes of at least 4 members (excludes halogenated alkanes) is 1. The molecular formula is C30H36FN3O4S. The molecule has 39 heavy (non-hydrogen) atoms. The largest absolute Gasteiger partial charge is 0.354 e. The van der Waals surface area contributed by atoms with E-state index in [0.717, 1.165) is 39.9 Å². The van der Waals surface area contributed by atoms with Crippen molar-refractivity contribution in [3.05, 3.63) is 95.3 Å². The first-order valence-corrected chi connectivity index (χ1v) is 14.4. The lowest BCUT2D eigenvalue weighted by molar-refractivity contribution is -0.139. The maximum Gasteiger partial charge on any atom is 0.264 e. The topological polar surface area (TPSA) is 86.8 Å². The lowest BCUT2D eigenvalue weighted by Crippen LogP contribution is -2.51. The molecular weight excluding hydrogens is 517 g/mol. The van der Waals surface area contributed by atoms with Crippen LogP contribution in [0.1, 0.15) is 43.4 Å². The molecule has 0 aliphatic carbocycles. The van der Waals surface area contributed by atoms with Crippen molar-refractivity contribution >= 4 is 27.5 Å². The van der Waals surface area contributed by atoms with E-state index in [2.05, 4.69) is 5.32 Å². The Labute approximate surface area is 230 Å². The smallest absolute Gasteiger partial charge is 0.264 e. The zero-order chi connectivity index (χ0) is 28.6. The molecule has 0 radical (unpaired) electrons. The van der Waals surface area contributed by atoms with Crippen LogP contribution in [0.2, 0.25) is 0 Å². The van der Waals surface area contributed by atoms with E-state index in [-0.39, 0.29) is 23.0 Å². The standard InChI is InChI=1S/C30H36FN3O4S/c1-5-6-19-32-30(36)24(4)33(20-25-15-11-22(2)12-16-25)29(35)21-34(28-10-8-7-9-27(28)31)39(37,38)26-17-13-23(3)14-18-26/h7-18,24H,5-6,19-21H2,1-4H3,(H,32,36)/t24-/m0/s1. The second-order valence-electron chi connectivity index (χ2n) is 9.60. The molecule has 0 bridgehead atoms. The molecule has 1 N–H and O–H groups in total. The Morgan fingerprint density at radius 3 is 2.10 bits per heavy atom. The summed E-state index contributed by atoms with van der Waals surface area (Å²) in [6, 6.07) is 18.2. The van der Waals surface area contributed by atoms with Crippen molar-refractivity contribution in [2.75, 3.05) is 17.4 Å². The molecule has 3 rings (SSSR count). The highest BCUT2D eigenvalue weighted by Gasteiger charge is 2.33. The van der Waals surface area contributed by atoms with E-state index in [1.165, 1.54) is 35.2 Å². The molecule has 2 amide bonds. The number of para-hydroxylation sites is 1. The van der Waals surface area contributed by atoms with Gasteiger partial charge in [0, 0.05) is 13.1 Å². The number of benzene rings is 3. The normalized spacial score (nSPS) is 12.0. The van der Waals surface area contributed by atoms with Gasteiger partial charge in [-0.2, -0.15) is 0 Å². The number of carbonyl (C=O) groups is 2. The third-order valence-corrected chi connectivity index (χ3v) is 8.25. The molecule has 0 heterocycles. The Kier molecular flexibility index (Phi) is 10.2. The van der Waals surface area contributed by atoms with Crippen LogP contribution in [-0.4, -0.2) is 44.3 Å². The van der Waals surface area contributed by atoms with E-state index in [9.17, 15) is 22.4 Å². The number of nitrogens with one attached hydrogen (secondary N) is 1. The third kappa shape index (κ3) is 7.66. The first-order valence-electron chi connectivity index (χ1n) is 13.0. The summed E-state index contributed by atoms with van der Waals surface area (Å²) in [6.07, 6.45) is 1.69. The van der Waals surface area contributed by atoms with Gasteiger partial charge in [0.2, 0.25) is 11.8 Å². The number of hydrogen-bond donors (Lipinski definition) is 1. The fourth-order valence-electron chi connectivity index (χ4n) is 4.01. The van der Waals surface area contributed by atoms with E-state index in [1.54, 1.807) is 19.1 Å². The van der Waals surface area contributed by atoms with E-state index < -0.39 is 34.3 Å². The Hall–Kier alpha value is -3.72. The summed E-state index contributed by atoms with van der Waals surface area (Å²) < 4.78 is 43.2. The third-order valence-electron chi connectivity index (χ3n) is 6.48. The van der Waals surface area contributed by atoms with Gasteiger partial charge >= 0.3 is 0 Å². The minimum Gasteiger partial charge on any atom is -0.354 e. The number of amides is 2. The van der Waals surface area contributed by atoms with Crippen molar-refractivity contribution in [1.29, 1.82) is 0 Å². The number of carbonyl (C=O) groups excluding carboxylic acids is 2. The van der Waals surface area contributed by atoms with Crippen molar-refractivity contribution in [2.24, 2.45) is 0 Å². The fourth-order valence-corrected chi connectivity index (χ4v) is 5.44. The molecule has 208 valence electrons. The summed E-state index contributed by atoms with van der Waals surface area (Å²) >= 11 is 0. The predicted molar refractivity (Wildman–Crippen MR) is 151 cm³/mol. The Balaban J connectivity index is 2.00. The molecule has 0 aromatic heterocycles. The van der Waals surface area contributed by atoms with Gasteiger partial charge in [0.15, 0.2) is 0 Å². The van der Waals surface area contributed by atoms with Crippen LogP contribution in [0.4, 0.5) is 10.1 Å². The van der Waals surface area contributed by atoms with Crippen molar-refractivity contribution < 1.29 is 22.4 Å². The summed E-state index contributed by atoms with van der Waals surface area (Å²) in [5.41, 5.74) is 2.43. The average Bonchev–Trinajstić information content (AvgIpc) is 2.91. The van der Waals surface area contributed by atoms with E-state index >= 15 is 0 Å². The first-order chi connectivity index (χ1) is 18.5. The van der Waals surface area contributed by atoms with Gasteiger partial charge in [-0.15, -0.1) is 0 Å². The van der Waals surface area contributed by atoms with Gasteiger partial charge in [0.1, 0.15) is 18.4 Å². The summed E-state index contributed by atoms with van der Waals surface area (Å²) in [7, 11) is -4.32. The lowest BCUT2D eigenvalue weighted by atomic mass is 10.1. The van der Waals surface area contributed by atoms with Gasteiger partial charge in [0.05, 0.1) is 10.6 Å². The number of hydrogen-bond acceptors (Lipinski definition) is 4. The van der Waals surface area contributed by atoms with Gasteiger partial charge in [0.25, 0.3) is 10.0 Å². The number of aryl methyl sites for hydroxylation is 2. The van der Waals surface area contributed by atoms with Gasteiger partial charge < -0.3 is 10.2 Å². The highest BCUT2D eigenvalue weighted by Crippen LogP contribution is 2.27. The fraction of sp³-hybridized carbons (Fsp3) is 0.333. The molecule has 9 heteroatoms. The molecule has 3 aromatic rings. The van der Waals surface area contributed by atoms with Gasteiger partial charge in [-0.1, -0.05) is 73.0 Å². The Morgan fingerprint density at radius 1 is 0.923 bits per heavy atom. The van der Waals surface area contributed by atoms with Gasteiger partial charge in [-0.3, -0.25) is 13.9 Å². The van der Waals surface area contributed by atoms with Crippen LogP contribution in [0.25, 0.3) is 0 Å². The zero-order valence-electron chi connectivity index (χ0n) is 22.9. The second-order valence-corrected chi connectivity index (χ2v) is 11.5. The van der Waals surface area contributed by atoms with Crippen LogP contribution in [0, 0.1) is 19.7 Å². The maximum absolute atomic E-state index is 15.0. The molecule has 0 unspecified atom stereocenters. The molecule has 0 saturated heterocycles. The van der Waals surface area contributed by atoms with Gasteiger partial charge in [-0.05, 0) is 57.0 Å². The van der Waals surface area contributed by atoms with Crippen LogP contribution >= 0.6 is 0 Å². The Bertz CT molecular complexity index is 1380. The molecule has 0 aliphatic rings. The lowest BCUT2D eigenvalue weighted by Gasteiger charge is -2.32. The van der Waals surface area contributed by atoms with E-state index in [1.807, 2.05) is 45.0 Å². The quantitative estimate of drug-likeness (QED) is 0.321. The first kappa shape index (κ1) is 29.8. The van der Waals surface area contributed by atoms with Crippen molar-refractivity contribution in [2.45, 2.75) is 58.0 Å². The molecule has 7 nitrogen and oxygen atoms in total. The number of halogens is 1. The van der Waals surface area contributed by atoms with Crippen LogP contribution in [0.15, 0.2) is 77.7 Å². The highest BCUT2D eigenvalue weighted by atomic mass is 32.2. The molecule has 3 aromatic carbocycles. The monoisotopic (exact) mass is 553 g/mol. The van der Waals surface area contributed by atoms with Crippen LogP contribution in [0.5, 0.6) is 0 Å². The summed E-state index contributed by atoms with van der Waals surface area (Å²) in [6.45, 7) is 7.25. The Morgan fingerprint density at radius 2 is 1.51 bits per heavy atom. The molecule has 1 atom stereocenters. The maximum atomic E-state index is 15.0. The number of rotatable bonds is 12. The number of sulfonamides is 1. The molecule has 0 fully saturated rings. The zero-order valence-corrected chi connectivity index (χ0v) is 23.7. The van der Waals surface area contributed by atoms with E-state index in [4.69, 9.17) is 0 Å². The summed E-state index contributed by atoms with van der Waals surface area (Å²) in [5.74, 6) is -1.76. The predicted octanol–water partition coefficient (Wildman–Crippen LogP) is 4.97. The van der Waals surface area contributed by atoms with Crippen molar-refractivity contribution in [3.8, 4) is 0 Å². The molecule has 0 saturated carbocycles.